The number of hydrogen-bond acceptors (Lipinski definition) is 6. The fraction of sp³-hybridized carbons (Fsp3) is 0.600. The second-order valence-electron chi connectivity index (χ2n) is 7.76. The van der Waals surface area contributed by atoms with Crippen molar-refractivity contribution in [3.05, 3.63) is 27.4 Å². The molecule has 1 saturated heterocycles. The number of halogens is 2. The van der Waals surface area contributed by atoms with E-state index < -0.39 is 23.0 Å². The summed E-state index contributed by atoms with van der Waals surface area (Å²) in [6.45, 7) is 7.50. The molecule has 1 aromatic rings. The second-order valence-corrected chi connectivity index (χ2v) is 10.6. The van der Waals surface area contributed by atoms with Gasteiger partial charge in [-0.1, -0.05) is 13.8 Å². The van der Waals surface area contributed by atoms with Crippen molar-refractivity contribution >= 4 is 61.5 Å². The van der Waals surface area contributed by atoms with Crippen LogP contribution in [-0.4, -0.2) is 35.7 Å². The van der Waals surface area contributed by atoms with Gasteiger partial charge >= 0.3 is 11.9 Å². The Hall–Kier alpha value is -0.930. The van der Waals surface area contributed by atoms with Gasteiger partial charge in [0, 0.05) is 6.42 Å². The molecular weight excluding hydrogens is 526 g/mol. The molecule has 9 heteroatoms. The fourth-order valence-corrected chi connectivity index (χ4v) is 5.70. The van der Waals surface area contributed by atoms with Crippen LogP contribution in [0.3, 0.4) is 0 Å². The van der Waals surface area contributed by atoms with Crippen molar-refractivity contribution in [2.45, 2.75) is 52.6 Å². The van der Waals surface area contributed by atoms with Crippen LogP contribution in [-0.2, 0) is 23.9 Å². The predicted molar refractivity (Wildman–Crippen MR) is 117 cm³/mol. The quantitative estimate of drug-likeness (QED) is 0.259. The minimum Gasteiger partial charge on any atom is -0.465 e. The molecule has 0 radical (unpaired) electrons. The van der Waals surface area contributed by atoms with Crippen LogP contribution in [0.15, 0.2) is 27.4 Å². The molecule has 0 amide bonds. The van der Waals surface area contributed by atoms with Crippen molar-refractivity contribution in [1.29, 1.82) is 0 Å². The van der Waals surface area contributed by atoms with E-state index in [0.717, 1.165) is 8.95 Å². The number of cyclic esters (lactones) is 1. The summed E-state index contributed by atoms with van der Waals surface area (Å²) in [5, 5.41) is 0. The molecule has 0 saturated carbocycles. The third kappa shape index (κ3) is 5.82. The zero-order valence-corrected chi connectivity index (χ0v) is 21.0. The van der Waals surface area contributed by atoms with Gasteiger partial charge in [-0.15, -0.1) is 3.97 Å². The molecule has 0 bridgehead atoms. The monoisotopic (exact) mass is 550 g/mol. The van der Waals surface area contributed by atoms with Gasteiger partial charge in [0.1, 0.15) is 5.75 Å². The normalized spacial score (nSPS) is 23.9. The number of carbonyl (C=O) groups excluding carboxylic acids is 3. The highest BCUT2D eigenvalue weighted by Gasteiger charge is 2.62. The number of hydrogen-bond donors (Lipinski definition) is 0. The van der Waals surface area contributed by atoms with Gasteiger partial charge in [-0.05, 0) is 70.5 Å². The molecule has 6 nitrogen and oxygen atoms in total. The lowest BCUT2D eigenvalue weighted by atomic mass is 9.75. The summed E-state index contributed by atoms with van der Waals surface area (Å²) in [5.74, 6) is -1.09. The SMILES string of the molecule is CCOC(=O)[C@@]1(CCC(C)C)C[C@@](C)(C(=O)CS[n+]2cc(Br)cc(Br)c2)OC1=O. The highest BCUT2D eigenvalue weighted by molar-refractivity contribution is 9.11. The second kappa shape index (κ2) is 9.92. The Morgan fingerprint density at radius 3 is 2.48 bits per heavy atom. The van der Waals surface area contributed by atoms with Crippen molar-refractivity contribution in [3.8, 4) is 0 Å². The van der Waals surface area contributed by atoms with Gasteiger partial charge in [0.15, 0.2) is 41.1 Å². The number of ketones is 1. The Bertz CT molecular complexity index is 783. The van der Waals surface area contributed by atoms with Crippen molar-refractivity contribution in [1.82, 2.24) is 0 Å². The molecular formula is C20H26Br2NO5S+. The molecule has 160 valence electrons. The molecule has 0 aliphatic carbocycles. The first-order valence-corrected chi connectivity index (χ1v) is 12.0. The number of esters is 2. The summed E-state index contributed by atoms with van der Waals surface area (Å²) in [4.78, 5) is 38.5. The van der Waals surface area contributed by atoms with Crippen LogP contribution < -0.4 is 3.97 Å². The van der Waals surface area contributed by atoms with Gasteiger partial charge in [-0.2, -0.15) is 0 Å². The minimum atomic E-state index is -1.42. The molecule has 1 aromatic heterocycles. The number of rotatable bonds is 9. The Morgan fingerprint density at radius 1 is 1.31 bits per heavy atom. The summed E-state index contributed by atoms with van der Waals surface area (Å²) in [6, 6.07) is 1.89. The topological polar surface area (TPSA) is 73.6 Å². The van der Waals surface area contributed by atoms with Crippen molar-refractivity contribution in [3.63, 3.8) is 0 Å². The maximum absolute atomic E-state index is 13.0. The van der Waals surface area contributed by atoms with Crippen LogP contribution in [0.5, 0.6) is 0 Å². The molecule has 1 fully saturated rings. The van der Waals surface area contributed by atoms with Crippen LogP contribution >= 0.6 is 43.8 Å². The zero-order chi connectivity index (χ0) is 21.8. The number of Topliss-reactive ketones (excluding diaryl/α,β-unsaturated/α-hetero) is 1. The van der Waals surface area contributed by atoms with Gasteiger partial charge < -0.3 is 9.47 Å². The Labute approximate surface area is 192 Å². The smallest absolute Gasteiger partial charge is 0.324 e. The zero-order valence-electron chi connectivity index (χ0n) is 17.0. The maximum Gasteiger partial charge on any atom is 0.324 e. The molecule has 2 atom stereocenters. The highest BCUT2D eigenvalue weighted by Crippen LogP contribution is 2.46. The lowest BCUT2D eigenvalue weighted by Gasteiger charge is -2.24. The number of pyridine rings is 1. The molecule has 1 aliphatic rings. The van der Waals surface area contributed by atoms with E-state index in [9.17, 15) is 14.4 Å². The average molecular weight is 552 g/mol. The third-order valence-corrected chi connectivity index (χ3v) is 6.64. The Kier molecular flexibility index (Phi) is 8.32. The predicted octanol–water partition coefficient (Wildman–Crippen LogP) is 4.26. The van der Waals surface area contributed by atoms with E-state index in [1.807, 2.05) is 32.3 Å². The summed E-state index contributed by atoms with van der Waals surface area (Å²) in [7, 11) is 0. The van der Waals surface area contributed by atoms with Gasteiger partial charge in [0.2, 0.25) is 0 Å². The first-order valence-electron chi connectivity index (χ1n) is 9.47. The van der Waals surface area contributed by atoms with Gasteiger partial charge in [-0.25, -0.2) is 0 Å². The molecule has 2 rings (SSSR count). The molecule has 29 heavy (non-hydrogen) atoms. The number of ether oxygens (including phenoxy) is 2. The average Bonchev–Trinajstić information content (AvgIpc) is 2.89. The molecule has 0 N–H and O–H groups in total. The molecule has 0 unspecified atom stereocenters. The van der Waals surface area contributed by atoms with Crippen LogP contribution in [0.1, 0.15) is 47.0 Å². The molecule has 0 aromatic carbocycles. The highest BCUT2D eigenvalue weighted by atomic mass is 79.9. The summed E-state index contributed by atoms with van der Waals surface area (Å²) >= 11 is 8.10. The van der Waals surface area contributed by atoms with Crippen molar-refractivity contribution < 1.29 is 27.8 Å². The van der Waals surface area contributed by atoms with E-state index in [1.165, 1.54) is 11.9 Å². The van der Waals surface area contributed by atoms with Crippen LogP contribution in [0.25, 0.3) is 0 Å². The number of aromatic nitrogens is 1. The number of nitrogens with zero attached hydrogens (tertiary/aromatic N) is 1. The van der Waals surface area contributed by atoms with E-state index in [2.05, 4.69) is 31.9 Å². The molecule has 0 spiro atoms. The van der Waals surface area contributed by atoms with Crippen LogP contribution in [0, 0.1) is 11.3 Å². The van der Waals surface area contributed by atoms with Gasteiger partial charge in [-0.3, -0.25) is 14.4 Å². The van der Waals surface area contributed by atoms with Crippen molar-refractivity contribution in [2.24, 2.45) is 11.3 Å². The Morgan fingerprint density at radius 2 is 1.93 bits per heavy atom. The first kappa shape index (κ1) is 24.3. The van der Waals surface area contributed by atoms with Crippen LogP contribution in [0.2, 0.25) is 0 Å². The maximum atomic E-state index is 13.0. The van der Waals surface area contributed by atoms with Gasteiger partial charge in [0.05, 0.1) is 15.6 Å². The van der Waals surface area contributed by atoms with E-state index in [1.54, 1.807) is 17.8 Å². The van der Waals surface area contributed by atoms with E-state index in [0.29, 0.717) is 18.8 Å². The van der Waals surface area contributed by atoms with Gasteiger partial charge in [0.25, 0.3) is 0 Å². The summed E-state index contributed by atoms with van der Waals surface area (Å²) < 4.78 is 14.2. The third-order valence-electron chi connectivity index (χ3n) is 4.87. The van der Waals surface area contributed by atoms with Crippen LogP contribution in [0.4, 0.5) is 0 Å². The summed E-state index contributed by atoms with van der Waals surface area (Å²) in [6.07, 6.45) is 4.64. The minimum absolute atomic E-state index is 0.0105. The van der Waals surface area contributed by atoms with E-state index in [-0.39, 0.29) is 24.6 Å². The first-order chi connectivity index (χ1) is 13.5. The Balaban J connectivity index is 2.18. The largest absolute Gasteiger partial charge is 0.465 e. The van der Waals surface area contributed by atoms with Crippen molar-refractivity contribution in [2.75, 3.05) is 12.4 Å². The van der Waals surface area contributed by atoms with E-state index in [4.69, 9.17) is 9.47 Å². The number of carbonyl (C=O) groups is 3. The lowest BCUT2D eigenvalue weighted by molar-refractivity contribution is -0.495. The molecule has 1 aliphatic heterocycles. The standard InChI is InChI=1S/C20H26Br2NO5S/c1-5-27-17(25)20(7-6-13(2)3)12-19(4,28-18(20)26)16(24)11-29-23-9-14(21)8-15(22)10-23/h8-10,13H,5-7,11-12H2,1-4H3/q+1/t19-,20+/m0/s1. The summed E-state index contributed by atoms with van der Waals surface area (Å²) in [5.41, 5.74) is -2.76. The fourth-order valence-electron chi connectivity index (χ4n) is 3.24. The molecule has 2 heterocycles. The lowest BCUT2D eigenvalue weighted by Crippen LogP contribution is -2.41. The van der Waals surface area contributed by atoms with E-state index >= 15 is 0 Å².